The SMILES string of the molecule is CCOCc1[c]ccc2ccccc12. The lowest BCUT2D eigenvalue weighted by Gasteiger charge is -2.05. The summed E-state index contributed by atoms with van der Waals surface area (Å²) >= 11 is 0. The van der Waals surface area contributed by atoms with Crippen LogP contribution < -0.4 is 0 Å². The van der Waals surface area contributed by atoms with Crippen molar-refractivity contribution in [3.63, 3.8) is 0 Å². The number of hydrogen-bond donors (Lipinski definition) is 0. The lowest BCUT2D eigenvalue weighted by Crippen LogP contribution is -1.92. The Morgan fingerprint density at radius 3 is 2.93 bits per heavy atom. The van der Waals surface area contributed by atoms with Gasteiger partial charge in [-0.05, 0) is 29.3 Å². The topological polar surface area (TPSA) is 9.23 Å². The highest BCUT2D eigenvalue weighted by atomic mass is 16.5. The molecule has 1 radical (unpaired) electrons. The predicted molar refractivity (Wildman–Crippen MR) is 58.1 cm³/mol. The molecule has 0 aliphatic rings. The molecule has 2 aromatic rings. The highest BCUT2D eigenvalue weighted by Gasteiger charge is 1.99. The van der Waals surface area contributed by atoms with Crippen LogP contribution in [0.2, 0.25) is 0 Å². The van der Waals surface area contributed by atoms with E-state index in [1.54, 1.807) is 0 Å². The zero-order chi connectivity index (χ0) is 9.80. The smallest absolute Gasteiger partial charge is 0.0728 e. The fraction of sp³-hybridized carbons (Fsp3) is 0.231. The van der Waals surface area contributed by atoms with Crippen LogP contribution in [0.5, 0.6) is 0 Å². The molecule has 0 aliphatic heterocycles. The monoisotopic (exact) mass is 185 g/mol. The van der Waals surface area contributed by atoms with E-state index in [1.807, 2.05) is 25.1 Å². The minimum absolute atomic E-state index is 0.651. The van der Waals surface area contributed by atoms with Crippen LogP contribution in [0.4, 0.5) is 0 Å². The van der Waals surface area contributed by atoms with Gasteiger partial charge in [-0.1, -0.05) is 36.4 Å². The lowest BCUT2D eigenvalue weighted by molar-refractivity contribution is 0.135. The predicted octanol–water partition coefficient (Wildman–Crippen LogP) is 3.18. The minimum atomic E-state index is 0.651. The van der Waals surface area contributed by atoms with Gasteiger partial charge in [0.05, 0.1) is 6.61 Å². The molecule has 0 fully saturated rings. The zero-order valence-electron chi connectivity index (χ0n) is 8.29. The van der Waals surface area contributed by atoms with Gasteiger partial charge in [0.25, 0.3) is 0 Å². The van der Waals surface area contributed by atoms with Gasteiger partial charge in [0, 0.05) is 6.61 Å². The van der Waals surface area contributed by atoms with E-state index in [2.05, 4.69) is 24.3 Å². The summed E-state index contributed by atoms with van der Waals surface area (Å²) in [4.78, 5) is 0. The van der Waals surface area contributed by atoms with Crippen LogP contribution in [0.1, 0.15) is 12.5 Å². The zero-order valence-corrected chi connectivity index (χ0v) is 8.29. The summed E-state index contributed by atoms with van der Waals surface area (Å²) in [5, 5.41) is 2.49. The van der Waals surface area contributed by atoms with E-state index >= 15 is 0 Å². The van der Waals surface area contributed by atoms with Gasteiger partial charge in [-0.3, -0.25) is 0 Å². The number of benzene rings is 2. The molecule has 0 saturated carbocycles. The van der Waals surface area contributed by atoms with Crippen LogP contribution in [0.3, 0.4) is 0 Å². The normalized spacial score (nSPS) is 10.6. The maximum atomic E-state index is 5.40. The quantitative estimate of drug-likeness (QED) is 0.713. The summed E-state index contributed by atoms with van der Waals surface area (Å²) in [6.45, 7) is 3.40. The van der Waals surface area contributed by atoms with Crippen LogP contribution in [0, 0.1) is 6.07 Å². The van der Waals surface area contributed by atoms with Gasteiger partial charge >= 0.3 is 0 Å². The van der Waals surface area contributed by atoms with Crippen LogP contribution in [-0.4, -0.2) is 6.61 Å². The van der Waals surface area contributed by atoms with Gasteiger partial charge < -0.3 is 4.74 Å². The molecule has 0 unspecified atom stereocenters. The molecule has 0 heterocycles. The molecule has 0 saturated heterocycles. The molecule has 0 atom stereocenters. The third-order valence-electron chi connectivity index (χ3n) is 2.26. The van der Waals surface area contributed by atoms with Gasteiger partial charge in [-0.15, -0.1) is 0 Å². The average molecular weight is 185 g/mol. The molecular weight excluding hydrogens is 172 g/mol. The molecular formula is C13H13O. The molecule has 71 valence electrons. The van der Waals surface area contributed by atoms with Crippen molar-refractivity contribution in [2.24, 2.45) is 0 Å². The first-order chi connectivity index (χ1) is 6.92. The van der Waals surface area contributed by atoms with Crippen molar-refractivity contribution < 1.29 is 4.74 Å². The third-order valence-corrected chi connectivity index (χ3v) is 2.26. The van der Waals surface area contributed by atoms with Crippen LogP contribution in [-0.2, 0) is 11.3 Å². The van der Waals surface area contributed by atoms with Crippen molar-refractivity contribution >= 4 is 10.8 Å². The Bertz CT molecular complexity index is 415. The first kappa shape index (κ1) is 9.22. The van der Waals surface area contributed by atoms with Crippen molar-refractivity contribution in [3.05, 3.63) is 48.0 Å². The van der Waals surface area contributed by atoms with Crippen molar-refractivity contribution in [1.29, 1.82) is 0 Å². The van der Waals surface area contributed by atoms with Crippen LogP contribution >= 0.6 is 0 Å². The molecule has 0 N–H and O–H groups in total. The molecule has 0 aliphatic carbocycles. The van der Waals surface area contributed by atoms with Gasteiger partial charge in [0.1, 0.15) is 0 Å². The number of rotatable bonds is 3. The van der Waals surface area contributed by atoms with E-state index in [1.165, 1.54) is 10.8 Å². The van der Waals surface area contributed by atoms with E-state index in [9.17, 15) is 0 Å². The van der Waals surface area contributed by atoms with E-state index < -0.39 is 0 Å². The maximum Gasteiger partial charge on any atom is 0.0728 e. The van der Waals surface area contributed by atoms with Crippen molar-refractivity contribution in [2.45, 2.75) is 13.5 Å². The first-order valence-electron chi connectivity index (χ1n) is 4.88. The second-order valence-electron chi connectivity index (χ2n) is 3.18. The summed E-state index contributed by atoms with van der Waals surface area (Å²) in [6, 6.07) is 15.6. The molecule has 0 spiro atoms. The van der Waals surface area contributed by atoms with E-state index in [4.69, 9.17) is 4.74 Å². The largest absolute Gasteiger partial charge is 0.377 e. The van der Waals surface area contributed by atoms with Gasteiger partial charge in [0.2, 0.25) is 0 Å². The Morgan fingerprint density at radius 1 is 1.21 bits per heavy atom. The fourth-order valence-electron chi connectivity index (χ4n) is 1.55. The molecule has 1 heteroatoms. The van der Waals surface area contributed by atoms with E-state index in [0.717, 1.165) is 12.2 Å². The standard InChI is InChI=1S/C13H13O/c1-2-14-10-12-8-5-7-11-6-3-4-9-13(11)12/h3-7,9H,2,10H2,1H3. The van der Waals surface area contributed by atoms with Crippen molar-refractivity contribution in [1.82, 2.24) is 0 Å². The summed E-state index contributed by atoms with van der Waals surface area (Å²) in [7, 11) is 0. The highest BCUT2D eigenvalue weighted by Crippen LogP contribution is 2.18. The summed E-state index contributed by atoms with van der Waals surface area (Å²) < 4.78 is 5.40. The Hall–Kier alpha value is -1.34. The highest BCUT2D eigenvalue weighted by molar-refractivity contribution is 5.85. The molecule has 0 amide bonds. The van der Waals surface area contributed by atoms with Gasteiger partial charge in [-0.2, -0.15) is 0 Å². The first-order valence-corrected chi connectivity index (χ1v) is 4.88. The Kier molecular flexibility index (Phi) is 2.80. The Balaban J connectivity index is 2.43. The maximum absolute atomic E-state index is 5.40. The summed E-state index contributed by atoms with van der Waals surface area (Å²) in [5.74, 6) is 0. The number of hydrogen-bond acceptors (Lipinski definition) is 1. The van der Waals surface area contributed by atoms with Crippen molar-refractivity contribution in [2.75, 3.05) is 6.61 Å². The summed E-state index contributed by atoms with van der Waals surface area (Å²) in [6.07, 6.45) is 0. The van der Waals surface area contributed by atoms with Crippen LogP contribution in [0.15, 0.2) is 36.4 Å². The lowest BCUT2D eigenvalue weighted by atomic mass is 10.1. The van der Waals surface area contributed by atoms with Crippen molar-refractivity contribution in [3.8, 4) is 0 Å². The second kappa shape index (κ2) is 4.25. The second-order valence-corrected chi connectivity index (χ2v) is 3.18. The van der Waals surface area contributed by atoms with E-state index in [0.29, 0.717) is 6.61 Å². The Morgan fingerprint density at radius 2 is 2.07 bits per heavy atom. The summed E-state index contributed by atoms with van der Waals surface area (Å²) in [5.41, 5.74) is 1.14. The van der Waals surface area contributed by atoms with Gasteiger partial charge in [0.15, 0.2) is 0 Å². The number of fused-ring (bicyclic) bond motifs is 1. The molecule has 0 aromatic heterocycles. The fourth-order valence-corrected chi connectivity index (χ4v) is 1.55. The Labute approximate surface area is 84.3 Å². The average Bonchev–Trinajstić information content (AvgIpc) is 2.26. The van der Waals surface area contributed by atoms with E-state index in [-0.39, 0.29) is 0 Å². The molecule has 2 rings (SSSR count). The third kappa shape index (κ3) is 1.78. The minimum Gasteiger partial charge on any atom is -0.377 e. The molecule has 0 bridgehead atoms. The molecule has 1 nitrogen and oxygen atoms in total. The van der Waals surface area contributed by atoms with Crippen LogP contribution in [0.25, 0.3) is 10.8 Å². The molecule has 14 heavy (non-hydrogen) atoms. The number of ether oxygens (including phenoxy) is 1. The van der Waals surface area contributed by atoms with Gasteiger partial charge in [-0.25, -0.2) is 0 Å². The molecule has 2 aromatic carbocycles.